The van der Waals surface area contributed by atoms with Gasteiger partial charge in [-0.25, -0.2) is 14.4 Å². The fraction of sp³-hybridized carbons (Fsp3) is 0.400. The fourth-order valence-corrected chi connectivity index (χ4v) is 4.70. The Balaban J connectivity index is 1.41. The van der Waals surface area contributed by atoms with Gasteiger partial charge in [0.2, 0.25) is 5.91 Å². The Morgan fingerprint density at radius 2 is 2.00 bits per heavy atom. The van der Waals surface area contributed by atoms with Crippen LogP contribution in [-0.2, 0) is 17.5 Å². The monoisotopic (exact) mass is 593 g/mol. The van der Waals surface area contributed by atoms with Crippen LogP contribution in [0.5, 0.6) is 0 Å². The highest BCUT2D eigenvalue weighted by atomic mass is 35.5. The third kappa shape index (κ3) is 6.29. The number of benzene rings is 1. The number of halogens is 5. The Morgan fingerprint density at radius 1 is 1.24 bits per heavy atom. The van der Waals surface area contributed by atoms with Crippen LogP contribution >= 0.6 is 11.6 Å². The summed E-state index contributed by atoms with van der Waals surface area (Å²) >= 11 is 6.32. The number of aromatic nitrogens is 5. The number of hydrazone groups is 1. The Bertz CT molecular complexity index is 1520. The van der Waals surface area contributed by atoms with Crippen LogP contribution in [0.4, 0.5) is 29.1 Å². The summed E-state index contributed by atoms with van der Waals surface area (Å²) in [7, 11) is 0. The van der Waals surface area contributed by atoms with Gasteiger partial charge in [0.05, 0.1) is 22.0 Å². The van der Waals surface area contributed by atoms with Crippen molar-refractivity contribution in [3.05, 3.63) is 58.3 Å². The van der Waals surface area contributed by atoms with Crippen LogP contribution in [0.1, 0.15) is 47.9 Å². The highest BCUT2D eigenvalue weighted by Gasteiger charge is 2.39. The minimum atomic E-state index is -4.78. The van der Waals surface area contributed by atoms with E-state index in [-0.39, 0.29) is 46.8 Å². The van der Waals surface area contributed by atoms with Gasteiger partial charge in [-0.15, -0.1) is 10.2 Å². The van der Waals surface area contributed by atoms with Crippen LogP contribution < -0.4 is 15.6 Å². The van der Waals surface area contributed by atoms with Gasteiger partial charge in [-0.05, 0) is 67.6 Å². The number of amides is 2. The lowest BCUT2D eigenvalue weighted by molar-refractivity contribution is -0.145. The summed E-state index contributed by atoms with van der Waals surface area (Å²) < 4.78 is 53.1. The van der Waals surface area contributed by atoms with Crippen LogP contribution in [-0.4, -0.2) is 54.8 Å². The molecule has 1 aliphatic heterocycles. The number of aryl methyl sites for hydroxylation is 1. The van der Waals surface area contributed by atoms with Gasteiger partial charge >= 0.3 is 6.18 Å². The zero-order chi connectivity index (χ0) is 29.5. The van der Waals surface area contributed by atoms with Gasteiger partial charge in [0, 0.05) is 18.7 Å². The maximum Gasteiger partial charge on any atom is 0.455 e. The van der Waals surface area contributed by atoms with Gasteiger partial charge in [-0.2, -0.15) is 23.1 Å². The molecule has 1 saturated carbocycles. The first-order valence-corrected chi connectivity index (χ1v) is 13.0. The van der Waals surface area contributed by atoms with Crippen molar-refractivity contribution in [1.82, 2.24) is 30.5 Å². The van der Waals surface area contributed by atoms with E-state index >= 15 is 0 Å². The SMILES string of the molecule is Cc1cc(F)cc(C(=O)NC(C)C2CC2)c1NC(=O)C1CC(Cn2nnc(C(F)(F)F)n2)=NN1c1ncccc1Cl. The molecule has 11 nitrogen and oxygen atoms in total. The second-order valence-corrected chi connectivity index (χ2v) is 10.3. The van der Waals surface area contributed by atoms with Gasteiger partial charge in [0.25, 0.3) is 11.7 Å². The Kier molecular flexibility index (Phi) is 7.64. The topological polar surface area (TPSA) is 130 Å². The third-order valence-corrected chi connectivity index (χ3v) is 7.04. The van der Waals surface area contributed by atoms with Crippen LogP contribution in [0, 0.1) is 18.7 Å². The molecular formula is C25H24ClF4N9O2. The first kappa shape index (κ1) is 28.4. The molecule has 3 aromatic rings. The molecule has 2 unspecified atom stereocenters. The molecule has 5 rings (SSSR count). The average Bonchev–Trinajstić information content (AvgIpc) is 3.51. The number of hydrogen-bond donors (Lipinski definition) is 2. The molecule has 0 saturated heterocycles. The Morgan fingerprint density at radius 3 is 2.66 bits per heavy atom. The number of pyridine rings is 1. The summed E-state index contributed by atoms with van der Waals surface area (Å²) in [5, 5.41) is 21.2. The molecule has 216 valence electrons. The number of hydrogen-bond acceptors (Lipinski definition) is 8. The molecule has 2 N–H and O–H groups in total. The standard InChI is InChI=1S/C25H24ClF4N9O2/c1-12-8-15(27)9-17(22(40)32-13(2)14-5-6-14)20(12)33-23(41)19-10-16(11-38-36-24(34-37-38)25(28,29)30)35-39(19)21-18(26)4-3-7-31-21/h3-4,7-9,13-14,19H,5-6,10-11H2,1-2H3,(H,32,40)(H,33,41). The van der Waals surface area contributed by atoms with E-state index in [9.17, 15) is 27.2 Å². The van der Waals surface area contributed by atoms with Gasteiger partial charge < -0.3 is 10.6 Å². The van der Waals surface area contributed by atoms with Crippen molar-refractivity contribution in [1.29, 1.82) is 0 Å². The number of nitrogens with one attached hydrogen (secondary N) is 2. The maximum atomic E-state index is 14.3. The van der Waals surface area contributed by atoms with Gasteiger partial charge in [0.15, 0.2) is 5.82 Å². The molecular weight excluding hydrogens is 570 g/mol. The van der Waals surface area contributed by atoms with Crippen LogP contribution in [0.2, 0.25) is 5.02 Å². The van der Waals surface area contributed by atoms with Crippen LogP contribution in [0.3, 0.4) is 0 Å². The number of anilines is 2. The van der Waals surface area contributed by atoms with E-state index in [4.69, 9.17) is 11.6 Å². The summed E-state index contributed by atoms with van der Waals surface area (Å²) in [5.41, 5.74) is 0.627. The fourth-order valence-electron chi connectivity index (χ4n) is 4.49. The number of tetrazole rings is 1. The van der Waals surface area contributed by atoms with E-state index in [1.165, 1.54) is 23.3 Å². The van der Waals surface area contributed by atoms with Gasteiger partial charge in [0.1, 0.15) is 18.4 Å². The quantitative estimate of drug-likeness (QED) is 0.378. The molecule has 41 heavy (non-hydrogen) atoms. The minimum absolute atomic E-state index is 0.0450. The van der Waals surface area contributed by atoms with Crippen molar-refractivity contribution in [2.24, 2.45) is 11.0 Å². The molecule has 0 bridgehead atoms. The van der Waals surface area contributed by atoms with E-state index in [0.717, 1.165) is 18.9 Å². The molecule has 2 aromatic heterocycles. The van der Waals surface area contributed by atoms with Crippen molar-refractivity contribution < 1.29 is 27.2 Å². The van der Waals surface area contributed by atoms with E-state index in [1.54, 1.807) is 13.0 Å². The van der Waals surface area contributed by atoms with Crippen LogP contribution in [0.25, 0.3) is 0 Å². The Hall–Kier alpha value is -4.14. The molecule has 0 radical (unpaired) electrons. The van der Waals surface area contributed by atoms with Gasteiger partial charge in [-0.1, -0.05) is 11.6 Å². The second kappa shape index (κ2) is 11.0. The zero-order valence-electron chi connectivity index (χ0n) is 21.8. The van der Waals surface area contributed by atoms with Gasteiger partial charge in [-0.3, -0.25) is 9.59 Å². The maximum absolute atomic E-state index is 14.3. The second-order valence-electron chi connectivity index (χ2n) is 9.91. The summed E-state index contributed by atoms with van der Waals surface area (Å²) in [6.07, 6.45) is -1.43. The Labute approximate surface area is 235 Å². The van der Waals surface area contributed by atoms with E-state index < -0.39 is 35.7 Å². The largest absolute Gasteiger partial charge is 0.455 e. The molecule has 2 atom stereocenters. The first-order chi connectivity index (χ1) is 19.4. The third-order valence-electron chi connectivity index (χ3n) is 6.74. The zero-order valence-corrected chi connectivity index (χ0v) is 22.5. The predicted octanol–water partition coefficient (Wildman–Crippen LogP) is 3.99. The lowest BCUT2D eigenvalue weighted by Crippen LogP contribution is -2.40. The molecule has 1 fully saturated rings. The van der Waals surface area contributed by atoms with E-state index in [1.807, 2.05) is 6.92 Å². The van der Waals surface area contributed by atoms with Crippen molar-refractivity contribution in [2.45, 2.75) is 57.9 Å². The smallest absolute Gasteiger partial charge is 0.349 e. The average molecular weight is 594 g/mol. The summed E-state index contributed by atoms with van der Waals surface area (Å²) in [5.74, 6) is -2.75. The number of carbonyl (C=O) groups is 2. The highest BCUT2D eigenvalue weighted by molar-refractivity contribution is 6.33. The minimum Gasteiger partial charge on any atom is -0.349 e. The molecule has 1 aliphatic carbocycles. The van der Waals surface area contributed by atoms with E-state index in [0.29, 0.717) is 16.3 Å². The predicted molar refractivity (Wildman–Crippen MR) is 140 cm³/mol. The van der Waals surface area contributed by atoms with Crippen molar-refractivity contribution in [3.8, 4) is 0 Å². The van der Waals surface area contributed by atoms with Crippen molar-refractivity contribution >= 4 is 40.6 Å². The molecule has 0 spiro atoms. The number of rotatable bonds is 8. The molecule has 2 amide bonds. The number of nitrogens with zero attached hydrogens (tertiary/aromatic N) is 7. The first-order valence-electron chi connectivity index (χ1n) is 12.6. The molecule has 2 aliphatic rings. The lowest BCUT2D eigenvalue weighted by Gasteiger charge is -2.24. The molecule has 16 heteroatoms. The lowest BCUT2D eigenvalue weighted by atomic mass is 10.0. The normalized spacial score (nSPS) is 17.8. The number of carbonyl (C=O) groups excluding carboxylic acids is 2. The summed E-state index contributed by atoms with van der Waals surface area (Å²) in [6.45, 7) is 3.13. The van der Waals surface area contributed by atoms with E-state index in [2.05, 4.69) is 36.1 Å². The summed E-state index contributed by atoms with van der Waals surface area (Å²) in [6, 6.07) is 4.16. The number of alkyl halides is 3. The highest BCUT2D eigenvalue weighted by Crippen LogP contribution is 2.34. The molecule has 3 heterocycles. The summed E-state index contributed by atoms with van der Waals surface area (Å²) in [4.78, 5) is 31.7. The van der Waals surface area contributed by atoms with Crippen molar-refractivity contribution in [2.75, 3.05) is 10.3 Å². The van der Waals surface area contributed by atoms with Crippen molar-refractivity contribution in [3.63, 3.8) is 0 Å². The van der Waals surface area contributed by atoms with Crippen LogP contribution in [0.15, 0.2) is 35.6 Å². The molecule has 1 aromatic carbocycles.